The smallest absolute Gasteiger partial charge is 0.351 e. The molecule has 0 spiro atoms. The summed E-state index contributed by atoms with van der Waals surface area (Å²) < 4.78 is 52.5. The summed E-state index contributed by atoms with van der Waals surface area (Å²) in [7, 11) is -1.98. The van der Waals surface area contributed by atoms with E-state index in [-0.39, 0.29) is 37.4 Å². The molecule has 0 aromatic carbocycles. The van der Waals surface area contributed by atoms with Gasteiger partial charge in [0.15, 0.2) is 12.4 Å². The fourth-order valence-corrected chi connectivity index (χ4v) is 7.00. The predicted molar refractivity (Wildman–Crippen MR) is 119 cm³/mol. The highest BCUT2D eigenvalue weighted by Crippen LogP contribution is 2.73. The zero-order valence-corrected chi connectivity index (χ0v) is 20.4. The molecule has 188 valence electrons. The van der Waals surface area contributed by atoms with E-state index in [1.54, 1.807) is 0 Å². The van der Waals surface area contributed by atoms with E-state index in [0.29, 0.717) is 0 Å². The van der Waals surface area contributed by atoms with Crippen molar-refractivity contribution in [1.82, 2.24) is 14.2 Å². The van der Waals surface area contributed by atoms with Gasteiger partial charge in [0.2, 0.25) is 0 Å². The Morgan fingerprint density at radius 2 is 2.12 bits per heavy atom. The number of nitriles is 1. The largest absolute Gasteiger partial charge is 0.384 e. The van der Waals surface area contributed by atoms with Crippen molar-refractivity contribution in [3.63, 3.8) is 0 Å². The lowest BCUT2D eigenvalue weighted by Crippen LogP contribution is -2.50. The molecule has 0 radical (unpaired) electrons. The van der Waals surface area contributed by atoms with Crippen molar-refractivity contribution < 1.29 is 27.7 Å². The number of alkyl halides is 2. The normalized spacial score (nSPS) is 37.1. The molecule has 0 bridgehead atoms. The summed E-state index contributed by atoms with van der Waals surface area (Å²) >= 11 is 0. The predicted octanol–water partition coefficient (Wildman–Crippen LogP) is 2.34. The fraction of sp³-hybridized carbons (Fsp3) is 0.762. The van der Waals surface area contributed by atoms with E-state index in [0.717, 1.165) is 4.57 Å². The van der Waals surface area contributed by atoms with Crippen LogP contribution in [0.4, 0.5) is 14.6 Å². The van der Waals surface area contributed by atoms with E-state index in [2.05, 4.69) is 4.98 Å². The third-order valence-electron chi connectivity index (χ3n) is 6.66. The van der Waals surface area contributed by atoms with Crippen LogP contribution in [-0.4, -0.2) is 67.2 Å². The Hall–Kier alpha value is -1.74. The van der Waals surface area contributed by atoms with Gasteiger partial charge < -0.3 is 24.6 Å². The molecule has 3 fully saturated rings. The summed E-state index contributed by atoms with van der Waals surface area (Å²) in [6, 6.07) is 3.15. The Bertz CT molecular complexity index is 1030. The number of rotatable bonds is 9. The summed E-state index contributed by atoms with van der Waals surface area (Å²) in [5.74, 6) is -0.0386. The minimum absolute atomic E-state index is 0.0342. The molecule has 1 aliphatic heterocycles. The quantitative estimate of drug-likeness (QED) is 0.386. The van der Waals surface area contributed by atoms with Crippen LogP contribution in [-0.2, 0) is 13.8 Å². The molecular formula is C21H30F2N5O5P. The second-order valence-electron chi connectivity index (χ2n) is 9.69. The zero-order chi connectivity index (χ0) is 25.1. The molecule has 2 saturated carbocycles. The molecular weight excluding hydrogens is 471 g/mol. The van der Waals surface area contributed by atoms with Gasteiger partial charge in [-0.15, -0.1) is 0 Å². The molecule has 2 heterocycles. The molecule has 3 N–H and O–H groups in total. The minimum Gasteiger partial charge on any atom is -0.384 e. The number of nitrogen functional groups attached to an aromatic ring is 1. The first kappa shape index (κ1) is 25.4. The summed E-state index contributed by atoms with van der Waals surface area (Å²) in [5, 5.41) is 19.9. The molecule has 2 aliphatic carbocycles. The van der Waals surface area contributed by atoms with Gasteiger partial charge in [0.05, 0.1) is 19.1 Å². The molecule has 1 saturated heterocycles. The number of nitrogens with two attached hydrogens (primary N) is 1. The number of hydrogen-bond acceptors (Lipinski definition) is 9. The Kier molecular flexibility index (Phi) is 6.51. The molecule has 4 rings (SSSR count). The molecule has 7 atom stereocenters. The third-order valence-corrected chi connectivity index (χ3v) is 8.86. The van der Waals surface area contributed by atoms with E-state index in [9.17, 15) is 9.90 Å². The number of anilines is 1. The molecule has 1 unspecified atom stereocenters. The first-order valence-corrected chi connectivity index (χ1v) is 12.4. The van der Waals surface area contributed by atoms with Crippen LogP contribution < -0.4 is 11.4 Å². The summed E-state index contributed by atoms with van der Waals surface area (Å²) in [5.41, 5.74) is -1.21. The van der Waals surface area contributed by atoms with Crippen molar-refractivity contribution in [1.29, 1.82) is 5.26 Å². The summed E-state index contributed by atoms with van der Waals surface area (Å²) in [6.07, 6.45) is -4.23. The number of ether oxygens (including phenoxy) is 1. The van der Waals surface area contributed by atoms with Gasteiger partial charge in [-0.25, -0.2) is 18.2 Å². The van der Waals surface area contributed by atoms with E-state index < -0.39 is 56.0 Å². The molecule has 1 aromatic heterocycles. The van der Waals surface area contributed by atoms with Crippen molar-refractivity contribution in [3.05, 3.63) is 22.7 Å². The zero-order valence-electron chi connectivity index (χ0n) is 19.5. The standard InChI is InChI=1S/C21H30F2N5O5P/c1-12(2)28(13(3)4)34(31-9-5-7-24)33-20-10-19(23)11-21(19,30)17(20)32-16(15(20)22)27-8-6-14(25)26-18(27)29/h6,8,12-13,15-17,30H,5,9-11H2,1-4H3,(H2,25,26,29)/t15-,16-,17+,19+,20+,21+,34?/m1/s1. The van der Waals surface area contributed by atoms with Gasteiger partial charge in [-0.2, -0.15) is 10.2 Å². The lowest BCUT2D eigenvalue weighted by Gasteiger charge is -2.41. The maximum Gasteiger partial charge on any atom is 0.351 e. The average molecular weight is 501 g/mol. The first-order valence-electron chi connectivity index (χ1n) is 11.2. The van der Waals surface area contributed by atoms with Crippen molar-refractivity contribution in [2.24, 2.45) is 0 Å². The van der Waals surface area contributed by atoms with Crippen molar-refractivity contribution in [2.75, 3.05) is 12.3 Å². The number of halogens is 2. The van der Waals surface area contributed by atoms with E-state index in [1.807, 2.05) is 38.4 Å². The Morgan fingerprint density at radius 1 is 1.44 bits per heavy atom. The van der Waals surface area contributed by atoms with Gasteiger partial charge >= 0.3 is 5.69 Å². The van der Waals surface area contributed by atoms with E-state index in [4.69, 9.17) is 24.8 Å². The second kappa shape index (κ2) is 8.73. The topological polar surface area (TPSA) is 136 Å². The van der Waals surface area contributed by atoms with Crippen LogP contribution in [0.5, 0.6) is 0 Å². The number of aromatic nitrogens is 2. The molecule has 1 aromatic rings. The van der Waals surface area contributed by atoms with Gasteiger partial charge in [0.1, 0.15) is 28.8 Å². The molecule has 13 heteroatoms. The van der Waals surface area contributed by atoms with Gasteiger partial charge in [0, 0.05) is 31.1 Å². The maximum absolute atomic E-state index is 16.3. The number of fused-ring (bicyclic) bond motifs is 3. The Balaban J connectivity index is 1.73. The van der Waals surface area contributed by atoms with Crippen LogP contribution >= 0.6 is 8.53 Å². The molecule has 34 heavy (non-hydrogen) atoms. The number of nitrogens with zero attached hydrogens (tertiary/aromatic N) is 4. The molecule has 10 nitrogen and oxygen atoms in total. The molecule has 3 aliphatic rings. The SMILES string of the molecule is CC(C)N(C(C)C)P(OCCC#N)O[C@]12C[C@]3(F)C[C@]3(O)[C@H]1O[C@@H](n1ccc(N)nc1=O)[C@H]2F. The average Bonchev–Trinajstić information content (AvgIpc) is 3.06. The van der Waals surface area contributed by atoms with Crippen LogP contribution in [0.25, 0.3) is 0 Å². The Morgan fingerprint density at radius 3 is 2.71 bits per heavy atom. The van der Waals surface area contributed by atoms with E-state index >= 15 is 8.78 Å². The van der Waals surface area contributed by atoms with Gasteiger partial charge in [0.25, 0.3) is 8.53 Å². The summed E-state index contributed by atoms with van der Waals surface area (Å²) in [4.78, 5) is 16.0. The highest BCUT2D eigenvalue weighted by Gasteiger charge is 2.88. The summed E-state index contributed by atoms with van der Waals surface area (Å²) in [6.45, 7) is 7.69. The van der Waals surface area contributed by atoms with Crippen molar-refractivity contribution in [3.8, 4) is 6.07 Å². The van der Waals surface area contributed by atoms with Crippen molar-refractivity contribution >= 4 is 14.3 Å². The fourth-order valence-electron chi connectivity index (χ4n) is 5.17. The Labute approximate surface area is 197 Å². The van der Waals surface area contributed by atoms with Crippen LogP contribution in [0.1, 0.15) is 53.2 Å². The maximum atomic E-state index is 16.3. The minimum atomic E-state index is -2.06. The lowest BCUT2D eigenvalue weighted by molar-refractivity contribution is -0.105. The highest BCUT2D eigenvalue weighted by molar-refractivity contribution is 7.44. The monoisotopic (exact) mass is 501 g/mol. The lowest BCUT2D eigenvalue weighted by atomic mass is 9.90. The van der Waals surface area contributed by atoms with Crippen LogP contribution in [0.15, 0.2) is 17.1 Å². The third kappa shape index (κ3) is 3.83. The van der Waals surface area contributed by atoms with Crippen LogP contribution in [0.3, 0.4) is 0 Å². The first-order chi connectivity index (χ1) is 15.9. The molecule has 0 amide bonds. The second-order valence-corrected chi connectivity index (χ2v) is 11.1. The van der Waals surface area contributed by atoms with Gasteiger partial charge in [-0.1, -0.05) is 0 Å². The van der Waals surface area contributed by atoms with Crippen molar-refractivity contribution in [2.45, 2.75) is 94.4 Å². The highest BCUT2D eigenvalue weighted by atomic mass is 31.2. The van der Waals surface area contributed by atoms with Crippen LogP contribution in [0, 0.1) is 11.3 Å². The van der Waals surface area contributed by atoms with Crippen LogP contribution in [0.2, 0.25) is 0 Å². The number of hydrogen-bond donors (Lipinski definition) is 2. The number of aliphatic hydroxyl groups is 1. The van der Waals surface area contributed by atoms with E-state index in [1.165, 1.54) is 12.3 Å². The van der Waals surface area contributed by atoms with Gasteiger partial charge in [-0.3, -0.25) is 4.57 Å². The van der Waals surface area contributed by atoms with Gasteiger partial charge in [-0.05, 0) is 33.8 Å².